The summed E-state index contributed by atoms with van der Waals surface area (Å²) in [5.74, 6) is 0.687. The number of aromatic nitrogens is 4. The fourth-order valence-corrected chi connectivity index (χ4v) is 7.09. The van der Waals surface area contributed by atoms with Crippen LogP contribution in [-0.4, -0.2) is 19.5 Å². The lowest BCUT2D eigenvalue weighted by Gasteiger charge is -2.13. The summed E-state index contributed by atoms with van der Waals surface area (Å²) in [6, 6.07) is 58.2. The molecule has 0 amide bonds. The quantitative estimate of drug-likeness (QED) is 0.188. The van der Waals surface area contributed by atoms with Crippen molar-refractivity contribution in [1.82, 2.24) is 19.5 Å². The van der Waals surface area contributed by atoms with Gasteiger partial charge in [-0.05, 0) is 42.5 Å². The number of hydrogen-bond donors (Lipinski definition) is 0. The van der Waals surface area contributed by atoms with Crippen LogP contribution in [0.4, 0.5) is 0 Å². The molecular weight excluding hydrogens is 613 g/mol. The number of nitrogens with zero attached hydrogens (tertiary/aromatic N) is 4. The van der Waals surface area contributed by atoms with Crippen molar-refractivity contribution in [3.05, 3.63) is 170 Å². The third kappa shape index (κ3) is 4.52. The maximum Gasteiger partial charge on any atom is 0.161 e. The molecule has 0 N–H and O–H groups in total. The number of benzene rings is 6. The van der Waals surface area contributed by atoms with E-state index in [-0.39, 0.29) is 0 Å². The highest BCUT2D eigenvalue weighted by atomic mass is 16.3. The fraction of sp³-hybridized carbons (Fsp3) is 0. The first-order valence-electron chi connectivity index (χ1n) is 16.7. The summed E-state index contributed by atoms with van der Waals surface area (Å²) in [5.41, 5.74) is 12.3. The molecule has 5 nitrogen and oxygen atoms in total. The van der Waals surface area contributed by atoms with E-state index in [2.05, 4.69) is 120 Å². The highest BCUT2D eigenvalue weighted by Gasteiger charge is 2.24. The van der Waals surface area contributed by atoms with Crippen LogP contribution in [0.25, 0.3) is 94.7 Å². The normalized spacial score (nSPS) is 11.6. The Morgan fingerprint density at radius 1 is 0.440 bits per heavy atom. The first-order valence-corrected chi connectivity index (χ1v) is 16.7. The Hall–Kier alpha value is -6.85. The van der Waals surface area contributed by atoms with Gasteiger partial charge in [0.05, 0.1) is 33.5 Å². The smallest absolute Gasteiger partial charge is 0.161 e. The van der Waals surface area contributed by atoms with E-state index in [1.54, 1.807) is 0 Å². The first-order chi connectivity index (χ1) is 24.8. The van der Waals surface area contributed by atoms with Crippen LogP contribution in [0.1, 0.15) is 0 Å². The van der Waals surface area contributed by atoms with Crippen molar-refractivity contribution >= 4 is 43.9 Å². The monoisotopic (exact) mass is 640 g/mol. The van der Waals surface area contributed by atoms with Gasteiger partial charge in [0.2, 0.25) is 0 Å². The molecule has 0 aliphatic carbocycles. The SMILES string of the molecule is c1ccc(-c2cc(-c3cccc(-n4c5ccccc5c5oc6c7ccccc7nc(-c7ccccc7)c6c54)c3)nc(-c3ccccc3)n2)cc1. The van der Waals surface area contributed by atoms with Crippen LogP contribution in [0.2, 0.25) is 0 Å². The predicted molar refractivity (Wildman–Crippen MR) is 203 cm³/mol. The maximum absolute atomic E-state index is 6.91. The molecule has 50 heavy (non-hydrogen) atoms. The second kappa shape index (κ2) is 11.4. The van der Waals surface area contributed by atoms with Gasteiger partial charge >= 0.3 is 0 Å². The average molecular weight is 641 g/mol. The summed E-state index contributed by atoms with van der Waals surface area (Å²) in [5, 5.41) is 3.03. The summed E-state index contributed by atoms with van der Waals surface area (Å²) >= 11 is 0. The number of pyridine rings is 1. The molecule has 0 unspecified atom stereocenters. The number of rotatable bonds is 5. The Balaban J connectivity index is 1.26. The van der Waals surface area contributed by atoms with Crippen LogP contribution >= 0.6 is 0 Å². The molecule has 5 heteroatoms. The zero-order valence-electron chi connectivity index (χ0n) is 26.9. The van der Waals surface area contributed by atoms with Crippen molar-refractivity contribution in [3.63, 3.8) is 0 Å². The topological polar surface area (TPSA) is 56.7 Å². The lowest BCUT2D eigenvalue weighted by molar-refractivity contribution is 0.676. The van der Waals surface area contributed by atoms with Gasteiger partial charge in [0.25, 0.3) is 0 Å². The molecule has 0 aliphatic rings. The zero-order valence-corrected chi connectivity index (χ0v) is 26.9. The molecule has 0 bridgehead atoms. The maximum atomic E-state index is 6.91. The standard InChI is InChI=1S/C45H28N4O/c1-4-15-29(16-5-1)37-28-38(48-45(47-37)31-19-8-3-9-20-31)32-21-14-22-33(27-32)49-39-26-13-11-24-35(39)44-42(49)40-41(30-17-6-2-7-18-30)46-36-25-12-10-23-34(36)43(40)50-44/h1-28H. The summed E-state index contributed by atoms with van der Waals surface area (Å²) in [6.07, 6.45) is 0. The van der Waals surface area contributed by atoms with Crippen molar-refractivity contribution in [2.24, 2.45) is 0 Å². The van der Waals surface area contributed by atoms with E-state index in [0.717, 1.165) is 88.9 Å². The van der Waals surface area contributed by atoms with E-state index in [1.165, 1.54) is 0 Å². The molecule has 0 saturated heterocycles. The molecule has 0 fully saturated rings. The van der Waals surface area contributed by atoms with Crippen LogP contribution in [0.5, 0.6) is 0 Å². The molecular formula is C45H28N4O. The lowest BCUT2D eigenvalue weighted by Crippen LogP contribution is -1.98. The fourth-order valence-electron chi connectivity index (χ4n) is 7.09. The van der Waals surface area contributed by atoms with Crippen LogP contribution in [0, 0.1) is 0 Å². The second-order valence-corrected chi connectivity index (χ2v) is 12.4. The Labute approximate surface area is 287 Å². The molecule has 0 aliphatic heterocycles. The van der Waals surface area contributed by atoms with Crippen LogP contribution in [0.15, 0.2) is 174 Å². The van der Waals surface area contributed by atoms with Gasteiger partial charge in [0, 0.05) is 38.7 Å². The van der Waals surface area contributed by atoms with E-state index in [0.29, 0.717) is 5.82 Å². The summed E-state index contributed by atoms with van der Waals surface area (Å²) < 4.78 is 9.23. The molecule has 4 heterocycles. The van der Waals surface area contributed by atoms with Gasteiger partial charge in [0.1, 0.15) is 11.1 Å². The first kappa shape index (κ1) is 28.2. The largest absolute Gasteiger partial charge is 0.453 e. The minimum absolute atomic E-state index is 0.687. The number of hydrogen-bond acceptors (Lipinski definition) is 4. The van der Waals surface area contributed by atoms with E-state index in [4.69, 9.17) is 19.4 Å². The minimum atomic E-state index is 0.687. The second-order valence-electron chi connectivity index (χ2n) is 12.4. The summed E-state index contributed by atoms with van der Waals surface area (Å²) in [4.78, 5) is 15.4. The van der Waals surface area contributed by atoms with Crippen molar-refractivity contribution in [2.45, 2.75) is 0 Å². The van der Waals surface area contributed by atoms with E-state index < -0.39 is 0 Å². The van der Waals surface area contributed by atoms with Crippen LogP contribution < -0.4 is 0 Å². The molecule has 10 aromatic rings. The van der Waals surface area contributed by atoms with Crippen LogP contribution in [-0.2, 0) is 0 Å². The Kier molecular flexibility index (Phi) is 6.42. The molecule has 0 atom stereocenters. The highest BCUT2D eigenvalue weighted by Crippen LogP contribution is 2.44. The average Bonchev–Trinajstić information content (AvgIpc) is 3.74. The lowest BCUT2D eigenvalue weighted by atomic mass is 10.0. The molecule has 0 spiro atoms. The Bertz CT molecular complexity index is 2800. The third-order valence-corrected chi connectivity index (χ3v) is 9.39. The van der Waals surface area contributed by atoms with Gasteiger partial charge in [0.15, 0.2) is 11.4 Å². The van der Waals surface area contributed by atoms with Crippen molar-refractivity contribution in [1.29, 1.82) is 0 Å². The van der Waals surface area contributed by atoms with Gasteiger partial charge < -0.3 is 8.98 Å². The van der Waals surface area contributed by atoms with Gasteiger partial charge in [-0.2, -0.15) is 0 Å². The van der Waals surface area contributed by atoms with E-state index in [9.17, 15) is 0 Å². The van der Waals surface area contributed by atoms with E-state index in [1.807, 2.05) is 54.6 Å². The predicted octanol–water partition coefficient (Wildman–Crippen LogP) is 11.5. The summed E-state index contributed by atoms with van der Waals surface area (Å²) in [6.45, 7) is 0. The Morgan fingerprint density at radius 3 is 1.80 bits per heavy atom. The zero-order chi connectivity index (χ0) is 33.0. The third-order valence-electron chi connectivity index (χ3n) is 9.39. The van der Waals surface area contributed by atoms with Gasteiger partial charge in [-0.3, -0.25) is 0 Å². The van der Waals surface area contributed by atoms with Gasteiger partial charge in [-0.1, -0.05) is 127 Å². The number of fused-ring (bicyclic) bond motifs is 7. The van der Waals surface area contributed by atoms with Gasteiger partial charge in [-0.25, -0.2) is 15.0 Å². The molecule has 6 aromatic carbocycles. The molecule has 4 aromatic heterocycles. The molecule has 0 saturated carbocycles. The molecule has 10 rings (SSSR count). The highest BCUT2D eigenvalue weighted by molar-refractivity contribution is 6.24. The number of furan rings is 1. The van der Waals surface area contributed by atoms with Crippen molar-refractivity contribution in [2.75, 3.05) is 0 Å². The van der Waals surface area contributed by atoms with Crippen LogP contribution in [0.3, 0.4) is 0 Å². The number of para-hydroxylation sites is 2. The van der Waals surface area contributed by atoms with E-state index >= 15 is 0 Å². The summed E-state index contributed by atoms with van der Waals surface area (Å²) in [7, 11) is 0. The van der Waals surface area contributed by atoms with Gasteiger partial charge in [-0.15, -0.1) is 0 Å². The minimum Gasteiger partial charge on any atom is -0.453 e. The van der Waals surface area contributed by atoms with Crippen molar-refractivity contribution in [3.8, 4) is 50.8 Å². The molecule has 0 radical (unpaired) electrons. The van der Waals surface area contributed by atoms with Crippen molar-refractivity contribution < 1.29 is 4.42 Å². The molecule has 234 valence electrons. The Morgan fingerprint density at radius 2 is 1.04 bits per heavy atom.